The highest BCUT2D eigenvalue weighted by Gasteiger charge is 2.36. The van der Waals surface area contributed by atoms with Crippen molar-refractivity contribution in [1.29, 1.82) is 0 Å². The van der Waals surface area contributed by atoms with Crippen LogP contribution in [-0.4, -0.2) is 23.3 Å². The summed E-state index contributed by atoms with van der Waals surface area (Å²) in [5.41, 5.74) is 1.34. The highest BCUT2D eigenvalue weighted by Crippen LogP contribution is 2.28. The summed E-state index contributed by atoms with van der Waals surface area (Å²) in [5.74, 6) is -0.881. The number of anilines is 1. The molecule has 1 aliphatic heterocycles. The molecule has 0 aromatic heterocycles. The summed E-state index contributed by atoms with van der Waals surface area (Å²) in [7, 11) is 0. The second-order valence-electron chi connectivity index (χ2n) is 6.32. The Hall–Kier alpha value is -3.22. The van der Waals surface area contributed by atoms with Crippen LogP contribution in [0.5, 0.6) is 0 Å². The molecule has 1 N–H and O–H groups in total. The maximum Gasteiger partial charge on any atom is 0.271 e. The van der Waals surface area contributed by atoms with Crippen LogP contribution >= 0.6 is 0 Å². The van der Waals surface area contributed by atoms with Crippen LogP contribution in [0.1, 0.15) is 24.9 Å². The number of carbonyl (C=O) groups excluding carboxylic acids is 2. The summed E-state index contributed by atoms with van der Waals surface area (Å²) in [6.45, 7) is 2.11. The van der Waals surface area contributed by atoms with Crippen molar-refractivity contribution in [3.63, 3.8) is 0 Å². The van der Waals surface area contributed by atoms with E-state index in [-0.39, 0.29) is 36.5 Å². The molecule has 7 nitrogen and oxygen atoms in total. The van der Waals surface area contributed by atoms with Crippen molar-refractivity contribution in [2.24, 2.45) is 5.92 Å². The monoisotopic (exact) mass is 353 g/mol. The van der Waals surface area contributed by atoms with E-state index in [0.29, 0.717) is 5.69 Å². The Morgan fingerprint density at radius 1 is 1.23 bits per heavy atom. The van der Waals surface area contributed by atoms with Crippen molar-refractivity contribution >= 4 is 23.2 Å². The number of amides is 2. The predicted molar refractivity (Wildman–Crippen MR) is 96.6 cm³/mol. The zero-order valence-corrected chi connectivity index (χ0v) is 14.3. The molecule has 0 bridgehead atoms. The predicted octanol–water partition coefficient (Wildman–Crippen LogP) is 2.83. The third-order valence-corrected chi connectivity index (χ3v) is 4.51. The number of carbonyl (C=O) groups is 2. The van der Waals surface area contributed by atoms with Gasteiger partial charge in [0.25, 0.3) is 5.69 Å². The van der Waals surface area contributed by atoms with Crippen molar-refractivity contribution in [1.82, 2.24) is 5.32 Å². The number of rotatable bonds is 5. The minimum absolute atomic E-state index is 0.0825. The molecule has 1 heterocycles. The number of non-ortho nitro benzene ring substituents is 1. The SMILES string of the molecule is CC(NC(=O)C1CC(=O)N(c2cccc([N+](=O)[O-])c2)C1)c1ccccc1. The molecule has 1 aliphatic rings. The molecule has 1 fully saturated rings. The summed E-state index contributed by atoms with van der Waals surface area (Å²) in [5, 5.41) is 13.9. The number of nitro groups is 1. The van der Waals surface area contributed by atoms with Crippen LogP contribution < -0.4 is 10.2 Å². The number of nitrogens with zero attached hydrogens (tertiary/aromatic N) is 2. The van der Waals surface area contributed by atoms with Crippen LogP contribution in [0.15, 0.2) is 54.6 Å². The number of nitro benzene ring substituents is 1. The van der Waals surface area contributed by atoms with Gasteiger partial charge in [-0.3, -0.25) is 19.7 Å². The first kappa shape index (κ1) is 17.6. The van der Waals surface area contributed by atoms with E-state index in [9.17, 15) is 19.7 Å². The molecule has 2 aromatic rings. The quantitative estimate of drug-likeness (QED) is 0.661. The molecule has 7 heteroatoms. The number of nitrogens with one attached hydrogen (secondary N) is 1. The third-order valence-electron chi connectivity index (χ3n) is 4.51. The van der Waals surface area contributed by atoms with Crippen molar-refractivity contribution in [2.75, 3.05) is 11.4 Å². The second kappa shape index (κ2) is 7.35. The highest BCUT2D eigenvalue weighted by molar-refractivity contribution is 6.00. The van der Waals surface area contributed by atoms with E-state index in [4.69, 9.17) is 0 Å². The van der Waals surface area contributed by atoms with Gasteiger partial charge in [-0.1, -0.05) is 36.4 Å². The summed E-state index contributed by atoms with van der Waals surface area (Å²) in [6.07, 6.45) is 0.0933. The Morgan fingerprint density at radius 2 is 1.96 bits per heavy atom. The number of hydrogen-bond acceptors (Lipinski definition) is 4. The molecule has 134 valence electrons. The van der Waals surface area contributed by atoms with Crippen molar-refractivity contribution in [2.45, 2.75) is 19.4 Å². The number of benzene rings is 2. The van der Waals surface area contributed by atoms with Crippen LogP contribution in [0.4, 0.5) is 11.4 Å². The molecule has 3 rings (SSSR count). The molecule has 2 amide bonds. The molecule has 0 spiro atoms. The van der Waals surface area contributed by atoms with Gasteiger partial charge in [-0.15, -0.1) is 0 Å². The van der Waals surface area contributed by atoms with E-state index in [2.05, 4.69) is 5.32 Å². The Labute approximate surface area is 150 Å². The molecule has 26 heavy (non-hydrogen) atoms. The van der Waals surface area contributed by atoms with Crippen LogP contribution in [0, 0.1) is 16.0 Å². The van der Waals surface area contributed by atoms with Gasteiger partial charge in [0, 0.05) is 25.1 Å². The van der Waals surface area contributed by atoms with Gasteiger partial charge in [0.2, 0.25) is 11.8 Å². The lowest BCUT2D eigenvalue weighted by molar-refractivity contribution is -0.384. The molecular weight excluding hydrogens is 334 g/mol. The van der Waals surface area contributed by atoms with Crippen LogP contribution in [-0.2, 0) is 9.59 Å². The first-order chi connectivity index (χ1) is 12.5. The summed E-state index contributed by atoms with van der Waals surface area (Å²) in [4.78, 5) is 36.7. The van der Waals surface area contributed by atoms with Crippen LogP contribution in [0.25, 0.3) is 0 Å². The molecule has 0 aliphatic carbocycles. The Morgan fingerprint density at radius 3 is 2.65 bits per heavy atom. The van der Waals surface area contributed by atoms with E-state index < -0.39 is 10.8 Å². The van der Waals surface area contributed by atoms with Crippen molar-refractivity contribution < 1.29 is 14.5 Å². The Balaban J connectivity index is 1.68. The molecule has 0 radical (unpaired) electrons. The first-order valence-electron chi connectivity index (χ1n) is 8.36. The van der Waals surface area contributed by atoms with Gasteiger partial charge < -0.3 is 10.2 Å². The first-order valence-corrected chi connectivity index (χ1v) is 8.36. The average molecular weight is 353 g/mol. The van der Waals surface area contributed by atoms with Gasteiger partial charge in [0.15, 0.2) is 0 Å². The highest BCUT2D eigenvalue weighted by atomic mass is 16.6. The number of hydrogen-bond donors (Lipinski definition) is 1. The van der Waals surface area contributed by atoms with E-state index in [1.165, 1.54) is 23.1 Å². The zero-order valence-electron chi connectivity index (χ0n) is 14.3. The van der Waals surface area contributed by atoms with E-state index >= 15 is 0 Å². The Kier molecular flexibility index (Phi) is 4.97. The molecular formula is C19H19N3O4. The smallest absolute Gasteiger partial charge is 0.271 e. The lowest BCUT2D eigenvalue weighted by Crippen LogP contribution is -2.34. The normalized spacial score (nSPS) is 17.8. The lowest BCUT2D eigenvalue weighted by atomic mass is 10.1. The van der Waals surface area contributed by atoms with Gasteiger partial charge in [-0.2, -0.15) is 0 Å². The molecule has 2 atom stereocenters. The maximum atomic E-state index is 12.5. The Bertz CT molecular complexity index is 838. The summed E-state index contributed by atoms with van der Waals surface area (Å²) >= 11 is 0. The van der Waals surface area contributed by atoms with Crippen LogP contribution in [0.2, 0.25) is 0 Å². The fraction of sp³-hybridized carbons (Fsp3) is 0.263. The molecule has 1 saturated heterocycles. The van der Waals surface area contributed by atoms with E-state index in [0.717, 1.165) is 5.56 Å². The average Bonchev–Trinajstić information content (AvgIpc) is 3.04. The fourth-order valence-corrected chi connectivity index (χ4v) is 3.06. The lowest BCUT2D eigenvalue weighted by Gasteiger charge is -2.18. The topological polar surface area (TPSA) is 92.6 Å². The van der Waals surface area contributed by atoms with Crippen LogP contribution in [0.3, 0.4) is 0 Å². The second-order valence-corrected chi connectivity index (χ2v) is 6.32. The van der Waals surface area contributed by atoms with Gasteiger partial charge in [-0.25, -0.2) is 0 Å². The standard InChI is InChI=1S/C19H19N3O4/c1-13(14-6-3-2-4-7-14)20-19(24)15-10-18(23)21(12-15)16-8-5-9-17(11-16)22(25)26/h2-9,11,13,15H,10,12H2,1H3,(H,20,24). The van der Waals surface area contributed by atoms with E-state index in [1.54, 1.807) is 6.07 Å². The molecule has 0 saturated carbocycles. The summed E-state index contributed by atoms with van der Waals surface area (Å²) in [6, 6.07) is 15.3. The fourth-order valence-electron chi connectivity index (χ4n) is 3.06. The summed E-state index contributed by atoms with van der Waals surface area (Å²) < 4.78 is 0. The van der Waals surface area contributed by atoms with E-state index in [1.807, 2.05) is 37.3 Å². The largest absolute Gasteiger partial charge is 0.349 e. The minimum atomic E-state index is -0.504. The van der Waals surface area contributed by atoms with Gasteiger partial charge >= 0.3 is 0 Å². The maximum absolute atomic E-state index is 12.5. The van der Waals surface area contributed by atoms with Gasteiger partial charge in [0.05, 0.1) is 22.6 Å². The van der Waals surface area contributed by atoms with Crippen molar-refractivity contribution in [3.8, 4) is 0 Å². The van der Waals surface area contributed by atoms with Gasteiger partial charge in [-0.05, 0) is 18.6 Å². The minimum Gasteiger partial charge on any atom is -0.349 e. The third kappa shape index (κ3) is 3.72. The molecule has 2 unspecified atom stereocenters. The van der Waals surface area contributed by atoms with Crippen molar-refractivity contribution in [3.05, 3.63) is 70.3 Å². The molecule has 2 aromatic carbocycles. The van der Waals surface area contributed by atoms with Gasteiger partial charge in [0.1, 0.15) is 0 Å². The zero-order chi connectivity index (χ0) is 18.7.